The Hall–Kier alpha value is -3.13. The number of halogens is 4. The summed E-state index contributed by atoms with van der Waals surface area (Å²) in [7, 11) is 0. The molecule has 1 aliphatic carbocycles. The molecule has 0 saturated carbocycles. The lowest BCUT2D eigenvalue weighted by atomic mass is 9.88. The number of alkyl halides is 3. The van der Waals surface area contributed by atoms with Crippen LogP contribution < -0.4 is 10.6 Å². The van der Waals surface area contributed by atoms with E-state index in [-0.39, 0.29) is 22.7 Å². The quantitative estimate of drug-likeness (QED) is 0.358. The van der Waals surface area contributed by atoms with E-state index in [1.807, 2.05) is 13.0 Å². The van der Waals surface area contributed by atoms with Crippen LogP contribution in [0.5, 0.6) is 0 Å². The highest BCUT2D eigenvalue weighted by atomic mass is 32.1. The van der Waals surface area contributed by atoms with E-state index in [1.165, 1.54) is 6.92 Å². The third-order valence-corrected chi connectivity index (χ3v) is 6.51. The lowest BCUT2D eigenvalue weighted by Gasteiger charge is -2.35. The number of nitriles is 1. The first-order chi connectivity index (χ1) is 15.5. The second kappa shape index (κ2) is 9.39. The topological polar surface area (TPSA) is 91.2 Å². The molecular weight excluding hydrogens is 462 g/mol. The van der Waals surface area contributed by atoms with Crippen LogP contribution >= 0.6 is 11.3 Å². The Bertz CT molecular complexity index is 1090. The Morgan fingerprint density at radius 3 is 2.52 bits per heavy atom. The number of esters is 1. The van der Waals surface area contributed by atoms with Gasteiger partial charge in [-0.1, -0.05) is 6.92 Å². The molecule has 0 saturated heterocycles. The molecule has 0 bridgehead atoms. The highest BCUT2D eigenvalue weighted by molar-refractivity contribution is 7.16. The van der Waals surface area contributed by atoms with Crippen molar-refractivity contribution in [2.24, 2.45) is 5.92 Å². The molecule has 1 aliphatic rings. The first-order valence-electron chi connectivity index (χ1n) is 10.2. The van der Waals surface area contributed by atoms with Gasteiger partial charge in [0.05, 0.1) is 12.2 Å². The largest absolute Gasteiger partial charge is 0.463 e. The molecule has 2 aromatic rings. The van der Waals surface area contributed by atoms with Crippen LogP contribution in [0.3, 0.4) is 0 Å². The molecule has 1 aromatic heterocycles. The molecule has 0 spiro atoms. The number of rotatable bonds is 6. The first kappa shape index (κ1) is 24.5. The Kier molecular flexibility index (Phi) is 6.97. The smallest absolute Gasteiger partial charge is 0.441 e. The normalized spacial score (nSPS) is 17.3. The van der Waals surface area contributed by atoms with E-state index >= 15 is 0 Å². The molecule has 6 nitrogen and oxygen atoms in total. The standard InChI is InChI=1S/C22H21F4N3O3S/c1-3-32-20(31)21(22(24,25)26,28-18(30)13-5-7-14(23)8-6-13)29-19-16(11-27)15-9-4-12(2)10-17(15)33-19/h5-8,12,29H,3-4,9-10H2,1-2H3,(H,28,30)/t12-,21-/m1/s1. The Morgan fingerprint density at radius 1 is 1.27 bits per heavy atom. The van der Waals surface area contributed by atoms with Gasteiger partial charge in [-0.2, -0.15) is 18.4 Å². The Morgan fingerprint density at radius 2 is 1.94 bits per heavy atom. The van der Waals surface area contributed by atoms with Crippen molar-refractivity contribution in [3.05, 3.63) is 51.7 Å². The number of fused-ring (bicyclic) bond motifs is 1. The van der Waals surface area contributed by atoms with E-state index in [0.717, 1.165) is 46.9 Å². The van der Waals surface area contributed by atoms with Gasteiger partial charge in [0.25, 0.3) is 5.91 Å². The number of hydrogen-bond acceptors (Lipinski definition) is 6. The molecule has 2 atom stereocenters. The van der Waals surface area contributed by atoms with Gasteiger partial charge in [0.1, 0.15) is 16.9 Å². The maximum Gasteiger partial charge on any atom is 0.441 e. The SMILES string of the molecule is CCOC(=O)[C@@](NC(=O)c1ccc(F)cc1)(Nc1sc2c(c1C#N)CC[C@@H](C)C2)C(F)(F)F. The number of benzene rings is 1. The maximum atomic E-state index is 14.4. The first-order valence-corrected chi connectivity index (χ1v) is 11.0. The zero-order valence-corrected chi connectivity index (χ0v) is 18.6. The average molecular weight is 483 g/mol. The molecule has 0 fully saturated rings. The number of ether oxygens (including phenoxy) is 1. The zero-order chi connectivity index (χ0) is 24.4. The predicted octanol–water partition coefficient (Wildman–Crippen LogP) is 4.55. The summed E-state index contributed by atoms with van der Waals surface area (Å²) in [5.74, 6) is -3.45. The van der Waals surface area contributed by atoms with Gasteiger partial charge >= 0.3 is 17.8 Å². The second-order valence-corrected chi connectivity index (χ2v) is 8.83. The van der Waals surface area contributed by atoms with Crippen LogP contribution in [0.2, 0.25) is 0 Å². The number of amides is 1. The summed E-state index contributed by atoms with van der Waals surface area (Å²) in [6.07, 6.45) is -3.45. The van der Waals surface area contributed by atoms with E-state index in [9.17, 15) is 32.4 Å². The van der Waals surface area contributed by atoms with Crippen LogP contribution in [0, 0.1) is 23.1 Å². The molecule has 3 rings (SSSR count). The molecule has 1 heterocycles. The van der Waals surface area contributed by atoms with Crippen LogP contribution in [0.1, 0.15) is 46.6 Å². The van der Waals surface area contributed by atoms with Gasteiger partial charge in [-0.3, -0.25) is 4.79 Å². The number of hydrogen-bond donors (Lipinski definition) is 2. The summed E-state index contributed by atoms with van der Waals surface area (Å²) in [6.45, 7) is 2.95. The highest BCUT2D eigenvalue weighted by Gasteiger charge is 2.64. The molecule has 1 aromatic carbocycles. The minimum absolute atomic E-state index is 0.0101. The predicted molar refractivity (Wildman–Crippen MR) is 113 cm³/mol. The number of nitrogens with one attached hydrogen (secondary N) is 2. The highest BCUT2D eigenvalue weighted by Crippen LogP contribution is 2.42. The summed E-state index contributed by atoms with van der Waals surface area (Å²) in [5.41, 5.74) is -3.31. The number of anilines is 1. The molecule has 11 heteroatoms. The van der Waals surface area contributed by atoms with E-state index < -0.39 is 29.5 Å². The maximum absolute atomic E-state index is 14.4. The van der Waals surface area contributed by atoms with E-state index in [2.05, 4.69) is 10.1 Å². The summed E-state index contributed by atoms with van der Waals surface area (Å²) in [6, 6.07) is 5.72. The number of carbonyl (C=O) groups excluding carboxylic acids is 2. The van der Waals surface area contributed by atoms with Crippen molar-refractivity contribution in [2.45, 2.75) is 44.9 Å². The number of thiophene rings is 1. The second-order valence-electron chi connectivity index (χ2n) is 7.72. The van der Waals surface area contributed by atoms with Crippen molar-refractivity contribution in [1.29, 1.82) is 5.26 Å². The molecule has 0 radical (unpaired) electrons. The van der Waals surface area contributed by atoms with Crippen LogP contribution in [-0.2, 0) is 22.4 Å². The fourth-order valence-corrected chi connectivity index (χ4v) is 5.02. The van der Waals surface area contributed by atoms with Crippen LogP contribution in [-0.4, -0.2) is 30.3 Å². The third-order valence-electron chi connectivity index (χ3n) is 5.34. The number of nitrogens with zero attached hydrogens (tertiary/aromatic N) is 1. The monoisotopic (exact) mass is 483 g/mol. The van der Waals surface area contributed by atoms with Crippen LogP contribution in [0.4, 0.5) is 22.6 Å². The fourth-order valence-electron chi connectivity index (χ4n) is 3.60. The zero-order valence-electron chi connectivity index (χ0n) is 17.8. The van der Waals surface area contributed by atoms with Gasteiger partial charge in [-0.25, -0.2) is 9.18 Å². The van der Waals surface area contributed by atoms with Crippen LogP contribution in [0.15, 0.2) is 24.3 Å². The van der Waals surface area contributed by atoms with Crippen molar-refractivity contribution in [3.63, 3.8) is 0 Å². The lowest BCUT2D eigenvalue weighted by molar-refractivity contribution is -0.204. The van der Waals surface area contributed by atoms with E-state index in [0.29, 0.717) is 24.3 Å². The van der Waals surface area contributed by atoms with Crippen molar-refractivity contribution >= 4 is 28.2 Å². The van der Waals surface area contributed by atoms with Crippen molar-refractivity contribution in [3.8, 4) is 6.07 Å². The van der Waals surface area contributed by atoms with Gasteiger partial charge in [-0.15, -0.1) is 11.3 Å². The van der Waals surface area contributed by atoms with Gasteiger partial charge < -0.3 is 15.4 Å². The number of carbonyl (C=O) groups is 2. The van der Waals surface area contributed by atoms with Crippen molar-refractivity contribution in [1.82, 2.24) is 5.32 Å². The molecule has 0 aliphatic heterocycles. The fraction of sp³-hybridized carbons (Fsp3) is 0.409. The summed E-state index contributed by atoms with van der Waals surface area (Å²) in [4.78, 5) is 26.1. The third kappa shape index (κ3) is 4.80. The molecule has 0 unspecified atom stereocenters. The molecule has 2 N–H and O–H groups in total. The average Bonchev–Trinajstić information content (AvgIpc) is 3.08. The molecule has 176 valence electrons. The summed E-state index contributed by atoms with van der Waals surface area (Å²) in [5, 5.41) is 13.3. The van der Waals surface area contributed by atoms with Gasteiger partial charge in [0, 0.05) is 10.4 Å². The van der Waals surface area contributed by atoms with E-state index in [1.54, 1.807) is 5.32 Å². The molecule has 1 amide bonds. The van der Waals surface area contributed by atoms with Gasteiger partial charge in [0.15, 0.2) is 0 Å². The Balaban J connectivity index is 2.09. The van der Waals surface area contributed by atoms with Crippen LogP contribution in [0.25, 0.3) is 0 Å². The minimum Gasteiger partial charge on any atom is -0.463 e. The molecule has 33 heavy (non-hydrogen) atoms. The minimum atomic E-state index is -5.35. The Labute approximate surface area is 191 Å². The summed E-state index contributed by atoms with van der Waals surface area (Å²) >= 11 is 0.951. The van der Waals surface area contributed by atoms with Crippen molar-refractivity contribution in [2.75, 3.05) is 11.9 Å². The van der Waals surface area contributed by atoms with Gasteiger partial charge in [-0.05, 0) is 61.9 Å². The van der Waals surface area contributed by atoms with Gasteiger partial charge in [0.2, 0.25) is 0 Å². The summed E-state index contributed by atoms with van der Waals surface area (Å²) < 4.78 is 61.2. The molecular formula is C22H21F4N3O3S. The van der Waals surface area contributed by atoms with Crippen molar-refractivity contribution < 1.29 is 31.9 Å². The van der Waals surface area contributed by atoms with E-state index in [4.69, 9.17) is 0 Å². The lowest BCUT2D eigenvalue weighted by Crippen LogP contribution is -2.69.